The molecule has 0 aromatic heterocycles. The van der Waals surface area contributed by atoms with Gasteiger partial charge in [0.05, 0.1) is 0 Å². The Morgan fingerprint density at radius 1 is 0.161 bits per heavy atom. The minimum absolute atomic E-state index is 0.784. The Morgan fingerprint density at radius 3 is 0.446 bits per heavy atom. The maximum atomic E-state index is 14.2. The zero-order valence-corrected chi connectivity index (χ0v) is 23.3. The molecule has 0 amide bonds. The third kappa shape index (κ3) is 9.97. The summed E-state index contributed by atoms with van der Waals surface area (Å²) in [5.74, 6) is -35.1. The molecule has 4 atom stereocenters. The van der Waals surface area contributed by atoms with E-state index in [1.165, 1.54) is 0 Å². The van der Waals surface area contributed by atoms with E-state index in [2.05, 4.69) is 0 Å². The molecule has 0 aromatic carbocycles. The van der Waals surface area contributed by atoms with Gasteiger partial charge >= 0.3 is 97.5 Å². The normalized spacial score (nSPS) is 20.2. The van der Waals surface area contributed by atoms with E-state index < -0.39 is 97.5 Å². The van der Waals surface area contributed by atoms with Crippen molar-refractivity contribution in [3.05, 3.63) is 0 Å². The van der Waals surface area contributed by atoms with E-state index in [1.54, 1.807) is 0 Å². The summed E-state index contributed by atoms with van der Waals surface area (Å²) in [7, 11) is 0. The molecular weight excluding hydrogens is 934 g/mol. The number of hydrogen-bond donors (Lipinski definition) is 0. The Labute approximate surface area is 277 Å². The lowest BCUT2D eigenvalue weighted by atomic mass is 10.2. The van der Waals surface area contributed by atoms with Gasteiger partial charge in [0.25, 0.3) is 0 Å². The highest BCUT2D eigenvalue weighted by atomic mass is 19.5. The van der Waals surface area contributed by atoms with E-state index in [1.807, 2.05) is 0 Å². The van der Waals surface area contributed by atoms with Crippen LogP contribution in [0.5, 0.6) is 0 Å². The lowest BCUT2D eigenvalue weighted by Crippen LogP contribution is -2.70. The summed E-state index contributed by atoms with van der Waals surface area (Å²) < 4.78 is 451. The first kappa shape index (κ1) is 53.4. The van der Waals surface area contributed by atoms with Crippen molar-refractivity contribution in [3.8, 4) is 0 Å². The van der Waals surface area contributed by atoms with Crippen molar-refractivity contribution >= 4 is 0 Å². The molecule has 0 bridgehead atoms. The van der Waals surface area contributed by atoms with E-state index in [4.69, 9.17) is 0 Å². The molecule has 0 N–H and O–H groups in total. The average molecular weight is 934 g/mol. The summed E-state index contributed by atoms with van der Waals surface area (Å²) in [5, 5.41) is 0. The van der Waals surface area contributed by atoms with Gasteiger partial charge in [0.15, 0.2) is 0 Å². The highest BCUT2D eigenvalue weighted by Crippen LogP contribution is 2.60. The fraction of sp³-hybridized carbons (Fsp3) is 1.00. The maximum absolute atomic E-state index is 14.2. The second-order valence-corrected chi connectivity index (χ2v) is 8.98. The summed E-state index contributed by atoms with van der Waals surface area (Å²) in [6.07, 6.45) is -103. The number of halogens is 34. The quantitative estimate of drug-likeness (QED) is 0.153. The van der Waals surface area contributed by atoms with Crippen LogP contribution in [0, 0.1) is 0 Å². The van der Waals surface area contributed by atoms with Crippen LogP contribution in [0.3, 0.4) is 0 Å². The first-order valence-corrected chi connectivity index (χ1v) is 11.1. The molecular formula is C16F34O6. The standard InChI is InChI=1S/C16F34O6/c17-1(5(21,22)23,51-9(33,34)3(19,7(27,28)29)53-15(45,46)47)11(37,38)55-13(41,42)14(43,44)56-12(39,40)2(18,6(24,25)26)52-10(35,36)4(20,8(30,31)32)54-16(48,49)50. The Balaban J connectivity index is 7.40. The third-order valence-corrected chi connectivity index (χ3v) is 4.86. The third-order valence-electron chi connectivity index (χ3n) is 4.86. The van der Waals surface area contributed by atoms with E-state index in [0.29, 0.717) is 0 Å². The van der Waals surface area contributed by atoms with E-state index >= 15 is 0 Å². The van der Waals surface area contributed by atoms with Crippen LogP contribution < -0.4 is 0 Å². The summed E-state index contributed by atoms with van der Waals surface area (Å²) >= 11 is 0. The van der Waals surface area contributed by atoms with Crippen molar-refractivity contribution in [2.45, 2.75) is 97.5 Å². The number of alkyl halides is 34. The summed E-state index contributed by atoms with van der Waals surface area (Å²) in [6, 6.07) is 0. The van der Waals surface area contributed by atoms with Crippen LogP contribution in [0.2, 0.25) is 0 Å². The van der Waals surface area contributed by atoms with Crippen LogP contribution in [0.15, 0.2) is 0 Å². The molecule has 0 heterocycles. The van der Waals surface area contributed by atoms with Crippen LogP contribution >= 0.6 is 0 Å². The summed E-state index contributed by atoms with van der Waals surface area (Å²) in [5.41, 5.74) is 0. The highest BCUT2D eigenvalue weighted by Gasteiger charge is 2.89. The van der Waals surface area contributed by atoms with Gasteiger partial charge in [0.2, 0.25) is 0 Å². The van der Waals surface area contributed by atoms with Crippen LogP contribution in [-0.4, -0.2) is 97.5 Å². The van der Waals surface area contributed by atoms with E-state index in [9.17, 15) is 149 Å². The zero-order valence-electron chi connectivity index (χ0n) is 23.3. The highest BCUT2D eigenvalue weighted by molar-refractivity contribution is 4.97. The fourth-order valence-electron chi connectivity index (χ4n) is 2.50. The second-order valence-electron chi connectivity index (χ2n) is 8.98. The first-order valence-electron chi connectivity index (χ1n) is 11.1. The molecule has 6 nitrogen and oxygen atoms in total. The predicted octanol–water partition coefficient (Wildman–Crippen LogP) is 10.6. The van der Waals surface area contributed by atoms with Gasteiger partial charge in [-0.1, -0.05) is 0 Å². The first-order chi connectivity index (χ1) is 23.5. The molecule has 4 unspecified atom stereocenters. The topological polar surface area (TPSA) is 55.4 Å². The SMILES string of the molecule is FC(F)(F)OC(F)(C(F)(F)F)C(F)(F)OC(F)(C(F)(F)F)C(F)(F)OC(F)(F)C(F)(F)OC(F)(F)C(F)(OC(F)(F)C(F)(OC(F)(F)F)C(F)(F)F)C(F)(F)F. The Bertz CT molecular complexity index is 1250. The molecule has 0 aliphatic carbocycles. The minimum Gasteiger partial charge on any atom is -0.263 e. The maximum Gasteiger partial charge on any atom is 0.525 e. The molecule has 0 aliphatic rings. The average Bonchev–Trinajstić information content (AvgIpc) is 2.81. The molecule has 0 aliphatic heterocycles. The molecule has 56 heavy (non-hydrogen) atoms. The Kier molecular flexibility index (Phi) is 13.3. The molecule has 0 rings (SSSR count). The van der Waals surface area contributed by atoms with Crippen molar-refractivity contribution in [1.82, 2.24) is 0 Å². The fourth-order valence-corrected chi connectivity index (χ4v) is 2.50. The van der Waals surface area contributed by atoms with E-state index in [0.717, 1.165) is 28.4 Å². The van der Waals surface area contributed by atoms with Crippen molar-refractivity contribution in [3.63, 3.8) is 0 Å². The molecule has 0 saturated heterocycles. The van der Waals surface area contributed by atoms with Gasteiger partial charge in [0, 0.05) is 0 Å². The Morgan fingerprint density at radius 2 is 0.304 bits per heavy atom. The number of hydrogen-bond acceptors (Lipinski definition) is 6. The van der Waals surface area contributed by atoms with Crippen molar-refractivity contribution < 1.29 is 178 Å². The van der Waals surface area contributed by atoms with Gasteiger partial charge in [-0.25, -0.2) is 18.9 Å². The lowest BCUT2D eigenvalue weighted by Gasteiger charge is -2.42. The predicted molar refractivity (Wildman–Crippen MR) is 87.9 cm³/mol. The molecule has 0 saturated carbocycles. The van der Waals surface area contributed by atoms with Crippen LogP contribution in [-0.2, 0) is 28.4 Å². The summed E-state index contributed by atoms with van der Waals surface area (Å²) in [4.78, 5) is 0. The van der Waals surface area contributed by atoms with Crippen molar-refractivity contribution in [2.75, 3.05) is 0 Å². The second kappa shape index (κ2) is 14.0. The molecule has 0 radical (unpaired) electrons. The van der Waals surface area contributed by atoms with Gasteiger partial charge in [-0.05, 0) is 0 Å². The minimum atomic E-state index is -9.08. The van der Waals surface area contributed by atoms with Crippen LogP contribution in [0.25, 0.3) is 0 Å². The lowest BCUT2D eigenvalue weighted by molar-refractivity contribution is -0.602. The van der Waals surface area contributed by atoms with Gasteiger partial charge in [-0.3, -0.25) is 9.47 Å². The molecule has 0 spiro atoms. The smallest absolute Gasteiger partial charge is 0.263 e. The van der Waals surface area contributed by atoms with Gasteiger partial charge < -0.3 is 0 Å². The van der Waals surface area contributed by atoms with Crippen molar-refractivity contribution in [2.24, 2.45) is 0 Å². The summed E-state index contributed by atoms with van der Waals surface area (Å²) in [6.45, 7) is 0. The molecule has 0 aromatic rings. The van der Waals surface area contributed by atoms with Gasteiger partial charge in [0.1, 0.15) is 0 Å². The molecule has 40 heteroatoms. The molecule has 0 fully saturated rings. The monoisotopic (exact) mass is 934 g/mol. The van der Waals surface area contributed by atoms with Crippen molar-refractivity contribution in [1.29, 1.82) is 0 Å². The molecule has 338 valence electrons. The number of ether oxygens (including phenoxy) is 6. The zero-order chi connectivity index (χ0) is 46.2. The van der Waals surface area contributed by atoms with Crippen LogP contribution in [0.4, 0.5) is 149 Å². The van der Waals surface area contributed by atoms with Gasteiger partial charge in [-0.2, -0.15) is 123 Å². The van der Waals surface area contributed by atoms with E-state index in [-0.39, 0.29) is 0 Å². The largest absolute Gasteiger partial charge is 0.525 e. The van der Waals surface area contributed by atoms with Crippen LogP contribution in [0.1, 0.15) is 0 Å². The van der Waals surface area contributed by atoms with Gasteiger partial charge in [-0.15, -0.1) is 26.3 Å². The number of rotatable bonds is 15. The Hall–Kier alpha value is -2.62.